The van der Waals surface area contributed by atoms with Crippen molar-refractivity contribution < 1.29 is 14.3 Å². The highest BCUT2D eigenvalue weighted by atomic mass is 127. The number of likely N-dealkylation sites (N-methyl/N-ethyl adjacent to an activating group) is 1. The molecular formula is C18H33IN4O3. The van der Waals surface area contributed by atoms with E-state index in [2.05, 4.69) is 15.2 Å². The Labute approximate surface area is 173 Å². The molecule has 3 fully saturated rings. The molecule has 8 heteroatoms. The van der Waals surface area contributed by atoms with Gasteiger partial charge in [0.25, 0.3) is 0 Å². The average molecular weight is 480 g/mol. The second-order valence-corrected chi connectivity index (χ2v) is 7.82. The fourth-order valence-electron chi connectivity index (χ4n) is 3.86. The predicted molar refractivity (Wildman–Crippen MR) is 112 cm³/mol. The first kappa shape index (κ1) is 21.7. The summed E-state index contributed by atoms with van der Waals surface area (Å²) < 4.78 is 11.0. The fourth-order valence-corrected chi connectivity index (χ4v) is 3.86. The molecule has 1 unspecified atom stereocenters. The summed E-state index contributed by atoms with van der Waals surface area (Å²) in [5, 5.41) is 3.51. The van der Waals surface area contributed by atoms with Crippen LogP contribution in [-0.4, -0.2) is 88.4 Å². The summed E-state index contributed by atoms with van der Waals surface area (Å²) in [6.45, 7) is 6.48. The first-order valence-electron chi connectivity index (χ1n) is 9.47. The molecule has 3 saturated heterocycles. The monoisotopic (exact) mass is 480 g/mol. The zero-order valence-electron chi connectivity index (χ0n) is 16.0. The third-order valence-electron chi connectivity index (χ3n) is 5.73. The lowest BCUT2D eigenvalue weighted by molar-refractivity contribution is -0.127. The Morgan fingerprint density at radius 1 is 1.23 bits per heavy atom. The molecule has 3 aliphatic rings. The van der Waals surface area contributed by atoms with Gasteiger partial charge in [-0.1, -0.05) is 0 Å². The summed E-state index contributed by atoms with van der Waals surface area (Å²) >= 11 is 0. The maximum Gasteiger partial charge on any atom is 0.243 e. The van der Waals surface area contributed by atoms with Crippen LogP contribution in [0.15, 0.2) is 4.99 Å². The standard InChI is InChI=1S/C18H32N4O3.HI/c1-21(2)16(23)12-20-17(19-11-15-3-8-25-13-15)22-7-4-18(14-22)5-9-24-10-6-18;/h15H,3-14H2,1-2H3,(H,19,20);1H. The van der Waals surface area contributed by atoms with E-state index < -0.39 is 0 Å². The first-order valence-corrected chi connectivity index (χ1v) is 9.47. The van der Waals surface area contributed by atoms with Crippen LogP contribution >= 0.6 is 24.0 Å². The van der Waals surface area contributed by atoms with Crippen molar-refractivity contribution in [3.63, 3.8) is 0 Å². The van der Waals surface area contributed by atoms with Crippen molar-refractivity contribution in [2.45, 2.75) is 25.7 Å². The molecule has 0 bridgehead atoms. The van der Waals surface area contributed by atoms with E-state index >= 15 is 0 Å². The lowest BCUT2D eigenvalue weighted by Crippen LogP contribution is -2.44. The zero-order valence-corrected chi connectivity index (χ0v) is 18.4. The van der Waals surface area contributed by atoms with Gasteiger partial charge in [0.2, 0.25) is 5.91 Å². The number of amides is 1. The van der Waals surface area contributed by atoms with Gasteiger partial charge in [0.15, 0.2) is 5.96 Å². The molecule has 1 spiro atoms. The van der Waals surface area contributed by atoms with E-state index in [9.17, 15) is 4.79 Å². The number of rotatable bonds is 4. The first-order chi connectivity index (χ1) is 12.1. The van der Waals surface area contributed by atoms with E-state index in [4.69, 9.17) is 9.47 Å². The largest absolute Gasteiger partial charge is 0.381 e. The number of halogens is 1. The Morgan fingerprint density at radius 2 is 2.00 bits per heavy atom. The minimum absolute atomic E-state index is 0. The summed E-state index contributed by atoms with van der Waals surface area (Å²) in [5.74, 6) is 1.45. The number of nitrogens with zero attached hydrogens (tertiary/aromatic N) is 3. The topological polar surface area (TPSA) is 66.4 Å². The molecule has 1 N–H and O–H groups in total. The molecule has 0 aliphatic carbocycles. The van der Waals surface area contributed by atoms with Crippen molar-refractivity contribution in [3.05, 3.63) is 0 Å². The number of hydrogen-bond donors (Lipinski definition) is 1. The van der Waals surface area contributed by atoms with Crippen molar-refractivity contribution >= 4 is 35.8 Å². The van der Waals surface area contributed by atoms with E-state index in [1.807, 2.05) is 0 Å². The van der Waals surface area contributed by atoms with Gasteiger partial charge in [0.1, 0.15) is 6.54 Å². The van der Waals surface area contributed by atoms with Crippen LogP contribution in [0.25, 0.3) is 0 Å². The third-order valence-corrected chi connectivity index (χ3v) is 5.73. The maximum atomic E-state index is 12.0. The van der Waals surface area contributed by atoms with Crippen LogP contribution in [0.2, 0.25) is 0 Å². The van der Waals surface area contributed by atoms with Crippen LogP contribution in [0.5, 0.6) is 0 Å². The molecule has 1 atom stereocenters. The highest BCUT2D eigenvalue weighted by molar-refractivity contribution is 14.0. The van der Waals surface area contributed by atoms with Gasteiger partial charge in [-0.2, -0.15) is 0 Å². The lowest BCUT2D eigenvalue weighted by atomic mass is 9.80. The second kappa shape index (κ2) is 10.1. The number of ether oxygens (including phenoxy) is 2. The highest BCUT2D eigenvalue weighted by Gasteiger charge is 2.40. The molecule has 3 aliphatic heterocycles. The molecule has 0 aromatic heterocycles. The van der Waals surface area contributed by atoms with E-state index in [0.717, 1.165) is 71.3 Å². The van der Waals surface area contributed by atoms with Crippen molar-refractivity contribution in [2.75, 3.05) is 66.7 Å². The maximum absolute atomic E-state index is 12.0. The fraction of sp³-hybridized carbons (Fsp3) is 0.889. The smallest absolute Gasteiger partial charge is 0.243 e. The van der Waals surface area contributed by atoms with Crippen LogP contribution in [0.1, 0.15) is 25.7 Å². The van der Waals surface area contributed by atoms with Crippen LogP contribution in [0.3, 0.4) is 0 Å². The van der Waals surface area contributed by atoms with Gasteiger partial charge in [-0.3, -0.25) is 4.79 Å². The van der Waals surface area contributed by atoms with Gasteiger partial charge in [0.05, 0.1) is 6.61 Å². The van der Waals surface area contributed by atoms with Gasteiger partial charge in [0, 0.05) is 59.5 Å². The predicted octanol–water partition coefficient (Wildman–Crippen LogP) is 1.18. The van der Waals surface area contributed by atoms with Gasteiger partial charge in [-0.25, -0.2) is 4.99 Å². The Bertz CT molecular complexity index is 489. The minimum Gasteiger partial charge on any atom is -0.381 e. The van der Waals surface area contributed by atoms with Gasteiger partial charge in [-0.15, -0.1) is 24.0 Å². The van der Waals surface area contributed by atoms with Gasteiger partial charge < -0.3 is 24.6 Å². The Morgan fingerprint density at radius 3 is 2.65 bits per heavy atom. The minimum atomic E-state index is 0. The van der Waals surface area contributed by atoms with E-state index in [1.54, 1.807) is 19.0 Å². The molecule has 3 rings (SSSR count). The van der Waals surface area contributed by atoms with Crippen molar-refractivity contribution in [2.24, 2.45) is 16.3 Å². The quantitative estimate of drug-likeness (QED) is 0.372. The van der Waals surface area contributed by atoms with Crippen molar-refractivity contribution in [1.82, 2.24) is 15.1 Å². The molecule has 150 valence electrons. The number of carbonyl (C=O) groups is 1. The van der Waals surface area contributed by atoms with E-state index in [-0.39, 0.29) is 36.4 Å². The molecular weight excluding hydrogens is 447 g/mol. The summed E-state index contributed by atoms with van der Waals surface area (Å²) in [6.07, 6.45) is 4.54. The molecule has 26 heavy (non-hydrogen) atoms. The van der Waals surface area contributed by atoms with Crippen molar-refractivity contribution in [1.29, 1.82) is 0 Å². The van der Waals surface area contributed by atoms with E-state index in [0.29, 0.717) is 11.3 Å². The van der Waals surface area contributed by atoms with E-state index in [1.165, 1.54) is 6.42 Å². The summed E-state index contributed by atoms with van der Waals surface area (Å²) in [6, 6.07) is 0. The van der Waals surface area contributed by atoms with Crippen LogP contribution in [0.4, 0.5) is 0 Å². The van der Waals surface area contributed by atoms with Gasteiger partial charge >= 0.3 is 0 Å². The van der Waals surface area contributed by atoms with Crippen LogP contribution in [-0.2, 0) is 14.3 Å². The molecule has 1 amide bonds. The molecule has 0 aromatic rings. The molecule has 3 heterocycles. The normalized spacial score (nSPS) is 25.2. The third kappa shape index (κ3) is 5.69. The summed E-state index contributed by atoms with van der Waals surface area (Å²) in [4.78, 5) is 20.5. The van der Waals surface area contributed by atoms with Crippen LogP contribution < -0.4 is 5.32 Å². The zero-order chi connectivity index (χ0) is 17.7. The Kier molecular flexibility index (Phi) is 8.41. The number of aliphatic imine (C=N–C) groups is 1. The summed E-state index contributed by atoms with van der Waals surface area (Å²) in [5.41, 5.74) is 0.364. The Balaban J connectivity index is 0.00000243. The number of likely N-dealkylation sites (tertiary alicyclic amines) is 1. The number of guanidine groups is 1. The number of nitrogens with one attached hydrogen (secondary N) is 1. The Hall–Kier alpha value is -0.610. The lowest BCUT2D eigenvalue weighted by Gasteiger charge is -2.33. The molecule has 0 radical (unpaired) electrons. The second-order valence-electron chi connectivity index (χ2n) is 7.82. The molecule has 0 aromatic carbocycles. The molecule has 0 saturated carbocycles. The van der Waals surface area contributed by atoms with Crippen LogP contribution in [0, 0.1) is 11.3 Å². The van der Waals surface area contributed by atoms with Gasteiger partial charge in [-0.05, 0) is 31.1 Å². The summed E-state index contributed by atoms with van der Waals surface area (Å²) in [7, 11) is 3.54. The number of hydrogen-bond acceptors (Lipinski definition) is 4. The SMILES string of the molecule is CN(C)C(=O)CN=C(NCC1CCOC1)N1CCC2(CCOCC2)C1.I. The number of carbonyl (C=O) groups excluding carboxylic acids is 1. The molecule has 7 nitrogen and oxygen atoms in total. The average Bonchev–Trinajstić information content (AvgIpc) is 3.26. The highest BCUT2D eigenvalue weighted by Crippen LogP contribution is 2.39. The van der Waals surface area contributed by atoms with Crippen molar-refractivity contribution in [3.8, 4) is 0 Å².